The van der Waals surface area contributed by atoms with Crippen LogP contribution in [0.25, 0.3) is 10.1 Å². The normalized spacial score (nSPS) is 16.6. The molecule has 6 nitrogen and oxygen atoms in total. The van der Waals surface area contributed by atoms with Gasteiger partial charge in [-0.3, -0.25) is 4.90 Å². The van der Waals surface area contributed by atoms with Crippen molar-refractivity contribution in [1.29, 1.82) is 0 Å². The summed E-state index contributed by atoms with van der Waals surface area (Å²) in [4.78, 5) is 3.69. The highest BCUT2D eigenvalue weighted by Crippen LogP contribution is 2.49. The second-order valence-electron chi connectivity index (χ2n) is 10.1. The minimum atomic E-state index is -3.59. The van der Waals surface area contributed by atoms with E-state index in [9.17, 15) is 8.42 Å². The average Bonchev–Trinajstić information content (AvgIpc) is 3.66. The number of benzene rings is 2. The fourth-order valence-electron chi connectivity index (χ4n) is 5.22. The molecule has 9 heteroatoms. The quantitative estimate of drug-likeness (QED) is 0.204. The van der Waals surface area contributed by atoms with Crippen LogP contribution < -0.4 is 13.7 Å². The Hall–Kier alpha value is -2.00. The van der Waals surface area contributed by atoms with Crippen molar-refractivity contribution >= 4 is 43.9 Å². The Labute approximate surface area is 236 Å². The maximum absolute atomic E-state index is 12.3. The Morgan fingerprint density at radius 1 is 0.947 bits per heavy atom. The monoisotopic (exact) mass is 579 g/mol. The van der Waals surface area contributed by atoms with Crippen LogP contribution in [0.15, 0.2) is 42.5 Å². The van der Waals surface area contributed by atoms with Crippen LogP contribution in [0, 0.1) is 0 Å². The number of fused-ring (bicyclic) bond motifs is 1. The van der Waals surface area contributed by atoms with Gasteiger partial charge in [-0.1, -0.05) is 26.2 Å². The van der Waals surface area contributed by atoms with Crippen LogP contribution in [0.1, 0.15) is 69.1 Å². The lowest BCUT2D eigenvalue weighted by atomic mass is 10.0. The topological polar surface area (TPSA) is 65.1 Å². The molecule has 2 fully saturated rings. The lowest BCUT2D eigenvalue weighted by molar-refractivity contribution is 0.237. The zero-order valence-electron chi connectivity index (χ0n) is 22.0. The average molecular weight is 580 g/mol. The molecule has 38 heavy (non-hydrogen) atoms. The molecule has 0 atom stereocenters. The predicted molar refractivity (Wildman–Crippen MR) is 157 cm³/mol. The third-order valence-corrected chi connectivity index (χ3v) is 9.79. The maximum Gasteiger partial charge on any atom is 0.309 e. The summed E-state index contributed by atoms with van der Waals surface area (Å²) in [5, 5.41) is 0.996. The van der Waals surface area contributed by atoms with Gasteiger partial charge in [0.1, 0.15) is 29.6 Å². The first kappa shape index (κ1) is 29.0. The van der Waals surface area contributed by atoms with E-state index in [0.717, 1.165) is 53.1 Å². The highest BCUT2D eigenvalue weighted by atomic mass is 35.5. The van der Waals surface area contributed by atoms with Crippen LogP contribution in [0.5, 0.6) is 23.0 Å². The molecule has 0 unspecified atom stereocenters. The number of unbranched alkanes of at least 4 members (excludes halogenated alkanes) is 1. The van der Waals surface area contributed by atoms with Crippen molar-refractivity contribution in [3.8, 4) is 23.0 Å². The summed E-state index contributed by atoms with van der Waals surface area (Å²) >= 11 is 1.70. The van der Waals surface area contributed by atoms with Crippen molar-refractivity contribution in [3.05, 3.63) is 47.3 Å². The zero-order valence-corrected chi connectivity index (χ0v) is 24.5. The number of ether oxygens (including phenoxy) is 2. The molecule has 3 aromatic rings. The summed E-state index contributed by atoms with van der Waals surface area (Å²) in [5.41, 5.74) is 0. The molecule has 5 rings (SSSR count). The minimum absolute atomic E-state index is 0. The second kappa shape index (κ2) is 13.4. The van der Waals surface area contributed by atoms with Gasteiger partial charge in [-0.2, -0.15) is 8.42 Å². The van der Waals surface area contributed by atoms with Crippen LogP contribution in [0.4, 0.5) is 0 Å². The van der Waals surface area contributed by atoms with Gasteiger partial charge in [-0.05, 0) is 93.6 Å². The van der Waals surface area contributed by atoms with Crippen LogP contribution in [0.3, 0.4) is 0 Å². The van der Waals surface area contributed by atoms with Crippen LogP contribution in [-0.4, -0.2) is 45.3 Å². The predicted octanol–water partition coefficient (Wildman–Crippen LogP) is 7.76. The highest BCUT2D eigenvalue weighted by molar-refractivity contribution is 7.87. The lowest BCUT2D eigenvalue weighted by Gasteiger charge is -2.15. The number of halogens is 1. The number of rotatable bonds is 12. The number of thiophene rings is 1. The lowest BCUT2D eigenvalue weighted by Crippen LogP contribution is -2.25. The number of hydrogen-bond acceptors (Lipinski definition) is 7. The standard InChI is InChI=1S/C29H37NO5S2.ClH/c1-2-3-20-37(31,32)35-25-14-15-26-27(21-25)36-29(22-8-4-5-9-22)28(26)34-24-12-10-23(11-13-24)33-19-18-30-16-6-7-17-30;/h10-15,21-22H,2-9,16-20H2,1H3;1H. The van der Waals surface area contributed by atoms with E-state index in [4.69, 9.17) is 13.7 Å². The summed E-state index contributed by atoms with van der Waals surface area (Å²) in [5.74, 6) is 3.38. The van der Waals surface area contributed by atoms with E-state index in [1.165, 1.54) is 43.6 Å². The second-order valence-corrected chi connectivity index (χ2v) is 12.9. The Balaban J connectivity index is 0.00000336. The first-order chi connectivity index (χ1) is 18.0. The molecular formula is C29H38ClNO5S2. The molecular weight excluding hydrogens is 542 g/mol. The molecule has 2 aliphatic rings. The molecule has 2 heterocycles. The summed E-state index contributed by atoms with van der Waals surface area (Å²) in [6.45, 7) is 5.98. The SMILES string of the molecule is CCCCS(=O)(=O)Oc1ccc2c(Oc3ccc(OCCN4CCCC4)cc3)c(C3CCCC3)sc2c1.Cl. The van der Waals surface area contributed by atoms with E-state index in [1.807, 2.05) is 43.3 Å². The first-order valence-corrected chi connectivity index (χ1v) is 16.0. The Morgan fingerprint density at radius 3 is 2.34 bits per heavy atom. The van der Waals surface area contributed by atoms with Crippen LogP contribution in [0.2, 0.25) is 0 Å². The van der Waals surface area contributed by atoms with E-state index in [1.54, 1.807) is 17.4 Å². The van der Waals surface area contributed by atoms with Gasteiger partial charge in [0.15, 0.2) is 0 Å². The number of likely N-dealkylation sites (tertiary alicyclic amines) is 1. The van der Waals surface area contributed by atoms with E-state index in [-0.39, 0.29) is 18.2 Å². The molecule has 0 amide bonds. The van der Waals surface area contributed by atoms with Gasteiger partial charge in [0.05, 0.1) is 10.6 Å². The van der Waals surface area contributed by atoms with Crippen molar-refractivity contribution in [2.45, 2.75) is 64.2 Å². The van der Waals surface area contributed by atoms with Gasteiger partial charge < -0.3 is 13.7 Å². The number of hydrogen-bond donors (Lipinski definition) is 0. The summed E-state index contributed by atoms with van der Waals surface area (Å²) < 4.78 is 43.5. The van der Waals surface area contributed by atoms with Gasteiger partial charge in [0, 0.05) is 16.6 Å². The Bertz CT molecular complexity index is 1280. The first-order valence-electron chi connectivity index (χ1n) is 13.6. The van der Waals surface area contributed by atoms with E-state index in [0.29, 0.717) is 24.7 Å². The molecule has 1 saturated carbocycles. The molecule has 0 spiro atoms. The third-order valence-electron chi connectivity index (χ3n) is 7.26. The molecule has 1 saturated heterocycles. The maximum atomic E-state index is 12.3. The molecule has 0 radical (unpaired) electrons. The van der Waals surface area contributed by atoms with Crippen molar-refractivity contribution in [3.63, 3.8) is 0 Å². The van der Waals surface area contributed by atoms with Gasteiger partial charge in [-0.15, -0.1) is 23.7 Å². The highest BCUT2D eigenvalue weighted by Gasteiger charge is 2.26. The van der Waals surface area contributed by atoms with Crippen molar-refractivity contribution < 1.29 is 22.1 Å². The summed E-state index contributed by atoms with van der Waals surface area (Å²) in [7, 11) is -3.59. The fourth-order valence-corrected chi connectivity index (χ4v) is 7.67. The van der Waals surface area contributed by atoms with Gasteiger partial charge in [-0.25, -0.2) is 0 Å². The zero-order chi connectivity index (χ0) is 25.7. The molecule has 1 aliphatic heterocycles. The summed E-state index contributed by atoms with van der Waals surface area (Å²) in [6, 6.07) is 13.4. The number of nitrogens with zero attached hydrogens (tertiary/aromatic N) is 1. The molecule has 1 aliphatic carbocycles. The molecule has 1 aromatic heterocycles. The minimum Gasteiger partial charge on any atom is -0.492 e. The van der Waals surface area contributed by atoms with Crippen molar-refractivity contribution in [2.75, 3.05) is 32.0 Å². The molecule has 0 N–H and O–H groups in total. The van der Waals surface area contributed by atoms with Crippen molar-refractivity contribution in [1.82, 2.24) is 4.90 Å². The van der Waals surface area contributed by atoms with E-state index >= 15 is 0 Å². The van der Waals surface area contributed by atoms with Crippen molar-refractivity contribution in [2.24, 2.45) is 0 Å². The molecule has 208 valence electrons. The smallest absolute Gasteiger partial charge is 0.309 e. The fraction of sp³-hybridized carbons (Fsp3) is 0.517. The Kier molecular flexibility index (Phi) is 10.2. The largest absolute Gasteiger partial charge is 0.492 e. The Morgan fingerprint density at radius 2 is 1.63 bits per heavy atom. The van der Waals surface area contributed by atoms with E-state index in [2.05, 4.69) is 4.90 Å². The van der Waals surface area contributed by atoms with Crippen LogP contribution in [-0.2, 0) is 10.1 Å². The van der Waals surface area contributed by atoms with E-state index < -0.39 is 10.1 Å². The molecule has 0 bridgehead atoms. The van der Waals surface area contributed by atoms with Crippen LogP contribution >= 0.6 is 23.7 Å². The summed E-state index contributed by atoms with van der Waals surface area (Å²) in [6.07, 6.45) is 8.75. The van der Waals surface area contributed by atoms with Gasteiger partial charge >= 0.3 is 10.1 Å². The van der Waals surface area contributed by atoms with Gasteiger partial charge in [0.25, 0.3) is 0 Å². The molecule has 2 aromatic carbocycles. The van der Waals surface area contributed by atoms with Gasteiger partial charge in [0.2, 0.25) is 0 Å². The third kappa shape index (κ3) is 7.34.